The van der Waals surface area contributed by atoms with Crippen LogP contribution in [0, 0.1) is 6.92 Å². The van der Waals surface area contributed by atoms with E-state index in [1.165, 1.54) is 30.0 Å². The number of carbonyl (C=O) groups is 1. The van der Waals surface area contributed by atoms with Crippen molar-refractivity contribution in [1.82, 2.24) is 24.6 Å². The lowest BCUT2D eigenvalue weighted by molar-refractivity contribution is -0.202. The molecule has 0 spiro atoms. The summed E-state index contributed by atoms with van der Waals surface area (Å²) in [5.74, 6) is -3.06. The van der Waals surface area contributed by atoms with Crippen LogP contribution in [0.25, 0.3) is 11.2 Å². The number of ether oxygens (including phenoxy) is 2. The second-order valence-corrected chi connectivity index (χ2v) is 13.6. The summed E-state index contributed by atoms with van der Waals surface area (Å²) in [6, 6.07) is 6.83. The number of imidazole rings is 1. The minimum atomic E-state index is -4.56. The molecule has 0 amide bonds. The highest BCUT2D eigenvalue weighted by atomic mass is 31.2. The molecule has 45 heavy (non-hydrogen) atoms. The summed E-state index contributed by atoms with van der Waals surface area (Å²) in [7, 11) is -4.56. The number of alkyl halides is 2. The van der Waals surface area contributed by atoms with Crippen LogP contribution in [0.2, 0.25) is 0 Å². The molecule has 1 saturated heterocycles. The number of aryl methyl sites for hydroxylation is 1. The molecule has 16 heteroatoms. The SMILES string of the molecule is Cc1nc(NC2CCCC2)c2ncn([C@@H]3O[C@](F)(CO[P@@](=O)(N[C@@H](C)C(=O)OC(C)C)Oc4ccccc4)[C@@H](O)[C@@]3(C)F)c2n1. The topological polar surface area (TPSA) is 159 Å². The third-order valence-electron chi connectivity index (χ3n) is 7.67. The minimum absolute atomic E-state index is 0.0775. The molecule has 1 aliphatic carbocycles. The Labute approximate surface area is 259 Å². The monoisotopic (exact) mass is 652 g/mol. The summed E-state index contributed by atoms with van der Waals surface area (Å²) in [6.07, 6.45) is 0.757. The number of nitrogens with one attached hydrogen (secondary N) is 2. The lowest BCUT2D eigenvalue weighted by Crippen LogP contribution is -2.47. The molecule has 0 bridgehead atoms. The first-order valence-corrected chi connectivity index (χ1v) is 16.4. The van der Waals surface area contributed by atoms with Crippen LogP contribution in [0.5, 0.6) is 5.75 Å². The molecular weight excluding hydrogens is 613 g/mol. The Morgan fingerprint density at radius 2 is 1.89 bits per heavy atom. The highest BCUT2D eigenvalue weighted by Crippen LogP contribution is 2.52. The highest BCUT2D eigenvalue weighted by Gasteiger charge is 2.65. The van der Waals surface area contributed by atoms with Gasteiger partial charge in [-0.1, -0.05) is 31.0 Å². The number of anilines is 1. The van der Waals surface area contributed by atoms with Crippen molar-refractivity contribution in [3.63, 3.8) is 0 Å². The first kappa shape index (κ1) is 33.1. The number of hydrogen-bond acceptors (Lipinski definition) is 11. The second-order valence-electron chi connectivity index (χ2n) is 11.9. The van der Waals surface area contributed by atoms with E-state index in [-0.39, 0.29) is 17.4 Å². The van der Waals surface area contributed by atoms with Gasteiger partial charge in [-0.2, -0.15) is 5.09 Å². The van der Waals surface area contributed by atoms with Gasteiger partial charge in [0.2, 0.25) is 0 Å². The van der Waals surface area contributed by atoms with Crippen LogP contribution >= 0.6 is 7.75 Å². The standard InChI is InChI=1S/C29H39F2N6O7P/c1-17(2)42-25(38)18(3)36-45(40,44-21-13-7-6-8-14-21)41-15-29(31)26(39)28(5,30)27(43-29)37-16-32-22-23(33-19(4)34-24(22)37)35-20-11-9-10-12-20/h6-8,13-14,16-18,20,26-27,39H,9-12,15H2,1-5H3,(H,36,40)(H,33,34,35)/t18-,26-,27+,28+,29+,45-/m0/s1. The van der Waals surface area contributed by atoms with Gasteiger partial charge in [0.25, 0.3) is 5.85 Å². The lowest BCUT2D eigenvalue weighted by atomic mass is 9.97. The predicted molar refractivity (Wildman–Crippen MR) is 160 cm³/mol. The van der Waals surface area contributed by atoms with Gasteiger partial charge in [-0.3, -0.25) is 13.9 Å². The zero-order chi connectivity index (χ0) is 32.6. The maximum atomic E-state index is 16.4. The van der Waals surface area contributed by atoms with Crippen LogP contribution in [0.4, 0.5) is 14.6 Å². The van der Waals surface area contributed by atoms with Crippen LogP contribution in [-0.2, 0) is 23.4 Å². The van der Waals surface area contributed by atoms with Gasteiger partial charge < -0.3 is 24.4 Å². The van der Waals surface area contributed by atoms with E-state index in [9.17, 15) is 14.5 Å². The third-order valence-corrected chi connectivity index (χ3v) is 9.30. The van der Waals surface area contributed by atoms with Crippen molar-refractivity contribution in [2.24, 2.45) is 0 Å². The Balaban J connectivity index is 1.40. The number of fused-ring (bicyclic) bond motifs is 1. The molecule has 3 heterocycles. The first-order chi connectivity index (χ1) is 21.2. The van der Waals surface area contributed by atoms with Crippen molar-refractivity contribution >= 4 is 30.7 Å². The Bertz CT molecular complexity index is 1550. The van der Waals surface area contributed by atoms with Crippen molar-refractivity contribution in [3.05, 3.63) is 42.5 Å². The fourth-order valence-electron chi connectivity index (χ4n) is 5.43. The van der Waals surface area contributed by atoms with Gasteiger partial charge in [0.1, 0.15) is 24.2 Å². The largest absolute Gasteiger partial charge is 0.462 e. The number of nitrogens with zero attached hydrogens (tertiary/aromatic N) is 4. The Kier molecular flexibility index (Phi) is 9.48. The molecule has 0 radical (unpaired) electrons. The average molecular weight is 653 g/mol. The van der Waals surface area contributed by atoms with Crippen LogP contribution in [0.15, 0.2) is 36.7 Å². The number of hydrogen-bond donors (Lipinski definition) is 3. The third kappa shape index (κ3) is 7.12. The number of aliphatic hydroxyl groups is 1. The summed E-state index contributed by atoms with van der Waals surface area (Å²) >= 11 is 0. The van der Waals surface area contributed by atoms with Gasteiger partial charge in [-0.25, -0.2) is 28.3 Å². The van der Waals surface area contributed by atoms with E-state index in [2.05, 4.69) is 25.4 Å². The summed E-state index contributed by atoms with van der Waals surface area (Å²) in [6.45, 7) is 6.05. The maximum Gasteiger partial charge on any atom is 0.459 e. The molecule has 5 rings (SSSR count). The second kappa shape index (κ2) is 12.9. The molecule has 2 aromatic heterocycles. The zero-order valence-electron chi connectivity index (χ0n) is 25.8. The van der Waals surface area contributed by atoms with E-state index in [0.29, 0.717) is 17.2 Å². The van der Waals surface area contributed by atoms with Gasteiger partial charge >= 0.3 is 13.7 Å². The number of aliphatic hydroxyl groups excluding tert-OH is 1. The molecule has 13 nitrogen and oxygen atoms in total. The van der Waals surface area contributed by atoms with Crippen molar-refractivity contribution in [2.45, 2.75) is 102 Å². The fourth-order valence-corrected chi connectivity index (χ4v) is 6.94. The lowest BCUT2D eigenvalue weighted by Gasteiger charge is -2.28. The summed E-state index contributed by atoms with van der Waals surface area (Å²) in [4.78, 5) is 25.7. The molecule has 0 unspecified atom stereocenters. The number of esters is 1. The molecule has 2 fully saturated rings. The van der Waals surface area contributed by atoms with Crippen LogP contribution in [0.3, 0.4) is 0 Å². The van der Waals surface area contributed by atoms with Crippen LogP contribution in [-0.4, -0.2) is 73.0 Å². The summed E-state index contributed by atoms with van der Waals surface area (Å²) in [5.41, 5.74) is -2.22. The van der Waals surface area contributed by atoms with E-state index in [1.54, 1.807) is 39.0 Å². The van der Waals surface area contributed by atoms with Gasteiger partial charge in [-0.05, 0) is 59.6 Å². The molecule has 246 valence electrons. The molecule has 1 aromatic carbocycles. The zero-order valence-corrected chi connectivity index (χ0v) is 26.7. The van der Waals surface area contributed by atoms with E-state index in [4.69, 9.17) is 18.5 Å². The van der Waals surface area contributed by atoms with Gasteiger partial charge in [0.05, 0.1) is 12.4 Å². The number of benzene rings is 1. The van der Waals surface area contributed by atoms with E-state index in [1.807, 2.05) is 0 Å². The molecular formula is C29H39F2N6O7P. The van der Waals surface area contributed by atoms with Crippen molar-refractivity contribution in [3.8, 4) is 5.75 Å². The van der Waals surface area contributed by atoms with Crippen molar-refractivity contribution in [1.29, 1.82) is 0 Å². The number of para-hydroxylation sites is 1. The fraction of sp³-hybridized carbons (Fsp3) is 0.586. The van der Waals surface area contributed by atoms with E-state index in [0.717, 1.165) is 32.6 Å². The quantitative estimate of drug-likeness (QED) is 0.180. The smallest absolute Gasteiger partial charge is 0.459 e. The van der Waals surface area contributed by atoms with E-state index >= 15 is 8.78 Å². The molecule has 6 atom stereocenters. The van der Waals surface area contributed by atoms with Gasteiger partial charge in [-0.15, -0.1) is 0 Å². The van der Waals surface area contributed by atoms with Crippen molar-refractivity contribution in [2.75, 3.05) is 11.9 Å². The van der Waals surface area contributed by atoms with Crippen LogP contribution in [0.1, 0.15) is 65.4 Å². The number of halogens is 2. The highest BCUT2D eigenvalue weighted by molar-refractivity contribution is 7.52. The Morgan fingerprint density at radius 1 is 1.20 bits per heavy atom. The molecule has 2 aliphatic rings. The molecule has 3 N–H and O–H groups in total. The number of aromatic nitrogens is 4. The summed E-state index contributed by atoms with van der Waals surface area (Å²) < 4.78 is 69.3. The molecule has 1 aliphatic heterocycles. The molecule has 3 aromatic rings. The predicted octanol–water partition coefficient (Wildman–Crippen LogP) is 4.91. The minimum Gasteiger partial charge on any atom is -0.462 e. The maximum absolute atomic E-state index is 16.4. The first-order valence-electron chi connectivity index (χ1n) is 14.9. The van der Waals surface area contributed by atoms with Crippen LogP contribution < -0.4 is 14.9 Å². The van der Waals surface area contributed by atoms with Crippen molar-refractivity contribution < 1.29 is 41.8 Å². The Morgan fingerprint density at radius 3 is 2.56 bits per heavy atom. The molecule has 1 saturated carbocycles. The van der Waals surface area contributed by atoms with Gasteiger partial charge in [0, 0.05) is 6.04 Å². The number of rotatable bonds is 12. The Hall–Kier alpha value is -3.23. The van der Waals surface area contributed by atoms with E-state index < -0.39 is 56.3 Å². The normalized spacial score (nSPS) is 27.5. The average Bonchev–Trinajstić information content (AvgIpc) is 3.68. The summed E-state index contributed by atoms with van der Waals surface area (Å²) in [5, 5.41) is 16.7. The van der Waals surface area contributed by atoms with Gasteiger partial charge in [0.15, 0.2) is 35.0 Å². The number of carbonyl (C=O) groups excluding carboxylic acids is 1.